The first kappa shape index (κ1) is 31.3. The quantitative estimate of drug-likeness (QED) is 0.105. The van der Waals surface area contributed by atoms with Gasteiger partial charge in [-0.2, -0.15) is 0 Å². The molecule has 1 saturated heterocycles. The molecule has 0 saturated carbocycles. The van der Waals surface area contributed by atoms with Gasteiger partial charge in [-0.3, -0.25) is 0 Å². The zero-order valence-electron chi connectivity index (χ0n) is 25.2. The van der Waals surface area contributed by atoms with Gasteiger partial charge in [0, 0.05) is 41.0 Å². The molecule has 5 aromatic rings. The zero-order chi connectivity index (χ0) is 31.7. The summed E-state index contributed by atoms with van der Waals surface area (Å²) >= 11 is 1.54. The van der Waals surface area contributed by atoms with Crippen molar-refractivity contribution in [3.63, 3.8) is 0 Å². The van der Waals surface area contributed by atoms with Crippen LogP contribution in [0.1, 0.15) is 36.0 Å². The van der Waals surface area contributed by atoms with Gasteiger partial charge in [0.05, 0.1) is 18.8 Å². The van der Waals surface area contributed by atoms with Crippen molar-refractivity contribution in [3.05, 3.63) is 138 Å². The summed E-state index contributed by atoms with van der Waals surface area (Å²) in [5.41, 5.74) is 3.83. The maximum absolute atomic E-state index is 12.9. The molecule has 0 radical (unpaired) electrons. The highest BCUT2D eigenvalue weighted by atomic mass is 32.2. The number of rotatable bonds is 10. The molecule has 9 nitrogen and oxygen atoms in total. The molecule has 3 N–H and O–H groups in total. The fourth-order valence-electron chi connectivity index (χ4n) is 5.11. The highest BCUT2D eigenvalue weighted by molar-refractivity contribution is 7.99. The van der Waals surface area contributed by atoms with E-state index in [-0.39, 0.29) is 30.8 Å². The van der Waals surface area contributed by atoms with Crippen molar-refractivity contribution < 1.29 is 24.1 Å². The van der Waals surface area contributed by atoms with Crippen LogP contribution >= 0.6 is 11.8 Å². The Kier molecular flexibility index (Phi) is 10.2. The van der Waals surface area contributed by atoms with Crippen molar-refractivity contribution in [3.8, 4) is 11.5 Å². The van der Waals surface area contributed by atoms with Gasteiger partial charge >= 0.3 is 6.03 Å². The number of urea groups is 1. The van der Waals surface area contributed by atoms with Crippen LogP contribution in [0.5, 0.6) is 11.5 Å². The van der Waals surface area contributed by atoms with Crippen LogP contribution in [0.15, 0.2) is 127 Å². The van der Waals surface area contributed by atoms with Gasteiger partial charge in [0.2, 0.25) is 0 Å². The lowest BCUT2D eigenvalue weighted by Gasteiger charge is -2.41. The first-order valence-electron chi connectivity index (χ1n) is 15.0. The second-order valence-electron chi connectivity index (χ2n) is 10.8. The number of aliphatic hydroxyl groups excluding tert-OH is 1. The van der Waals surface area contributed by atoms with E-state index >= 15 is 0 Å². The number of amides is 2. The Labute approximate surface area is 272 Å². The first-order chi connectivity index (χ1) is 22.5. The Morgan fingerprint density at radius 3 is 2.26 bits per heavy atom. The summed E-state index contributed by atoms with van der Waals surface area (Å²) in [5.74, 6) is 2.06. The summed E-state index contributed by atoms with van der Waals surface area (Å²) < 4.78 is 18.9. The Morgan fingerprint density at radius 1 is 0.804 bits per heavy atom. The predicted octanol–water partition coefficient (Wildman–Crippen LogP) is 7.99. The maximum Gasteiger partial charge on any atom is 0.323 e. The van der Waals surface area contributed by atoms with Crippen molar-refractivity contribution in [2.45, 2.75) is 37.2 Å². The third-order valence-corrected chi connectivity index (χ3v) is 8.51. The molecule has 0 aliphatic carbocycles. The van der Waals surface area contributed by atoms with Crippen LogP contribution in [0.25, 0.3) is 0 Å². The van der Waals surface area contributed by atoms with E-state index in [1.54, 1.807) is 42.7 Å². The highest BCUT2D eigenvalue weighted by Gasteiger charge is 2.38. The van der Waals surface area contributed by atoms with E-state index in [1.165, 1.54) is 11.8 Å². The zero-order valence-corrected chi connectivity index (χ0v) is 26.0. The summed E-state index contributed by atoms with van der Waals surface area (Å²) in [7, 11) is 0. The van der Waals surface area contributed by atoms with E-state index in [9.17, 15) is 9.90 Å². The molecule has 4 aromatic carbocycles. The largest absolute Gasteiger partial charge is 0.457 e. The normalized spacial score (nSPS) is 19.3. The fraction of sp³-hybridized carbons (Fsp3) is 0.194. The van der Waals surface area contributed by atoms with Crippen molar-refractivity contribution in [2.75, 3.05) is 16.4 Å². The molecule has 1 aromatic heterocycles. The summed E-state index contributed by atoms with van der Waals surface area (Å²) in [6.07, 6.45) is 2.33. The summed E-state index contributed by atoms with van der Waals surface area (Å²) in [4.78, 5) is 21.6. The molecule has 0 spiro atoms. The molecular weight excluding hydrogens is 600 g/mol. The molecule has 2 heterocycles. The topological polar surface area (TPSA) is 115 Å². The molecule has 1 fully saturated rings. The Hall–Kier alpha value is -4.74. The molecule has 6 rings (SSSR count). The monoisotopic (exact) mass is 634 g/mol. The molecule has 1 aliphatic rings. The minimum Gasteiger partial charge on any atom is -0.457 e. The highest BCUT2D eigenvalue weighted by Crippen LogP contribution is 2.43. The van der Waals surface area contributed by atoms with Gasteiger partial charge in [-0.25, -0.2) is 14.8 Å². The number of carbonyl (C=O) groups excluding carboxylic acids is 1. The number of nitrogens with one attached hydrogen (secondary N) is 2. The summed E-state index contributed by atoms with van der Waals surface area (Å²) in [6.45, 7) is 2.09. The predicted molar refractivity (Wildman–Crippen MR) is 178 cm³/mol. The molecule has 4 atom stereocenters. The molecule has 10 heteroatoms. The van der Waals surface area contributed by atoms with Crippen molar-refractivity contribution in [1.82, 2.24) is 9.97 Å². The molecule has 0 unspecified atom stereocenters. The minimum absolute atomic E-state index is 0.0176. The SMILES string of the molecule is C[C@@H]1[C@H](CSc2ncccn2)O[C@H](c2cccc(NC(=O)Nc3ccc(Oc4ccccc4)cc3)c2)O[C@@H]1c1ccc(CO)cc1. The number of aromatic nitrogens is 2. The van der Waals surface area contributed by atoms with Crippen molar-refractivity contribution in [1.29, 1.82) is 0 Å². The second kappa shape index (κ2) is 15.0. The second-order valence-corrected chi connectivity index (χ2v) is 11.8. The molecule has 46 heavy (non-hydrogen) atoms. The van der Waals surface area contributed by atoms with E-state index in [4.69, 9.17) is 14.2 Å². The Balaban J connectivity index is 1.14. The lowest BCUT2D eigenvalue weighted by molar-refractivity contribution is -0.268. The van der Waals surface area contributed by atoms with Gasteiger partial charge in [-0.1, -0.05) is 73.3 Å². The van der Waals surface area contributed by atoms with E-state index in [2.05, 4.69) is 27.5 Å². The third kappa shape index (κ3) is 8.09. The summed E-state index contributed by atoms with van der Waals surface area (Å²) in [5, 5.41) is 16.0. The molecule has 2 amide bonds. The molecule has 0 bridgehead atoms. The number of nitrogens with zero attached hydrogens (tertiary/aromatic N) is 2. The van der Waals surface area contributed by atoms with Crippen LogP contribution in [0.2, 0.25) is 0 Å². The van der Waals surface area contributed by atoms with Crippen LogP contribution < -0.4 is 15.4 Å². The molecule has 1 aliphatic heterocycles. The lowest BCUT2D eigenvalue weighted by Crippen LogP contribution is -2.38. The van der Waals surface area contributed by atoms with Gasteiger partial charge in [0.15, 0.2) is 11.4 Å². The number of anilines is 2. The average molecular weight is 635 g/mol. The number of ether oxygens (including phenoxy) is 3. The van der Waals surface area contributed by atoms with Crippen LogP contribution in [-0.4, -0.2) is 33.0 Å². The Bertz CT molecular complexity index is 1710. The number of benzene rings is 4. The van der Waals surface area contributed by atoms with Gasteiger partial charge in [-0.15, -0.1) is 0 Å². The number of hydrogen-bond donors (Lipinski definition) is 3. The molecular formula is C36H34N4O5S. The average Bonchev–Trinajstić information content (AvgIpc) is 3.10. The molecule has 234 valence electrons. The third-order valence-electron chi connectivity index (χ3n) is 7.55. The number of hydrogen-bond acceptors (Lipinski definition) is 8. The van der Waals surface area contributed by atoms with Gasteiger partial charge in [0.25, 0.3) is 0 Å². The number of aliphatic hydroxyl groups is 1. The van der Waals surface area contributed by atoms with Crippen LogP contribution in [-0.2, 0) is 16.1 Å². The number of carbonyl (C=O) groups is 1. The Morgan fingerprint density at radius 2 is 1.52 bits per heavy atom. The van der Waals surface area contributed by atoms with Gasteiger partial charge < -0.3 is 30.0 Å². The summed E-state index contributed by atoms with van der Waals surface area (Å²) in [6, 6.07) is 33.3. The van der Waals surface area contributed by atoms with E-state index in [0.29, 0.717) is 28.0 Å². The van der Waals surface area contributed by atoms with Gasteiger partial charge in [-0.05, 0) is 65.7 Å². The van der Waals surface area contributed by atoms with Crippen LogP contribution in [0.4, 0.5) is 16.2 Å². The maximum atomic E-state index is 12.9. The van der Waals surface area contributed by atoms with Crippen LogP contribution in [0, 0.1) is 5.92 Å². The van der Waals surface area contributed by atoms with E-state index in [1.807, 2.05) is 78.9 Å². The van der Waals surface area contributed by atoms with Crippen LogP contribution in [0.3, 0.4) is 0 Å². The standard InChI is InChI=1S/C36H34N4O5S/c1-24-32(23-46-36-37-19-6-20-38-36)44-34(45-33(24)26-13-11-25(22-41)12-14-26)27-7-5-8-29(21-27)40-35(42)39-28-15-17-31(18-16-28)43-30-9-3-2-4-10-30/h2-21,24,32-34,41H,22-23H2,1H3,(H2,39,40,42)/t24-,32+,33+,34+/m1/s1. The van der Waals surface area contributed by atoms with Crippen molar-refractivity contribution in [2.24, 2.45) is 5.92 Å². The van der Waals surface area contributed by atoms with E-state index < -0.39 is 6.29 Å². The number of thioether (sulfide) groups is 1. The minimum atomic E-state index is -0.678. The van der Waals surface area contributed by atoms with Gasteiger partial charge in [0.1, 0.15) is 11.5 Å². The lowest BCUT2D eigenvalue weighted by atomic mass is 9.91. The van der Waals surface area contributed by atoms with Crippen molar-refractivity contribution >= 4 is 29.2 Å². The smallest absolute Gasteiger partial charge is 0.323 e. The fourth-order valence-corrected chi connectivity index (χ4v) is 6.08. The van der Waals surface area contributed by atoms with E-state index in [0.717, 1.165) is 22.4 Å². The first-order valence-corrected chi connectivity index (χ1v) is 15.9. The number of para-hydroxylation sites is 1.